The first-order valence-corrected chi connectivity index (χ1v) is 19.9. The largest absolute Gasteiger partial charge is 0.464 e. The van der Waals surface area contributed by atoms with Crippen LogP contribution in [0.1, 0.15) is 219 Å². The highest BCUT2D eigenvalue weighted by molar-refractivity contribution is 5.75. The van der Waals surface area contributed by atoms with Crippen LogP contribution in [0.2, 0.25) is 0 Å². The number of hydrogen-bond donors (Lipinski definition) is 3. The molecule has 0 aliphatic carbocycles. The van der Waals surface area contributed by atoms with Gasteiger partial charge in [-0.25, -0.2) is 4.79 Å². The Labute approximate surface area is 279 Å². The number of ether oxygens (including phenoxy) is 2. The molecule has 0 aliphatic heterocycles. The van der Waals surface area contributed by atoms with Gasteiger partial charge in [-0.05, 0) is 12.8 Å². The van der Waals surface area contributed by atoms with Crippen molar-refractivity contribution in [3.63, 3.8) is 0 Å². The molecule has 1 unspecified atom stereocenters. The van der Waals surface area contributed by atoms with E-state index in [0.717, 1.165) is 32.1 Å². The van der Waals surface area contributed by atoms with Crippen LogP contribution in [0.4, 0.5) is 0 Å². The molecule has 6 heteroatoms. The van der Waals surface area contributed by atoms with Crippen LogP contribution in [0, 0.1) is 0 Å². The van der Waals surface area contributed by atoms with E-state index in [1.165, 1.54) is 167 Å². The minimum atomic E-state index is -3.24. The summed E-state index contributed by atoms with van der Waals surface area (Å²) in [7, 11) is 0. The maximum absolute atomic E-state index is 12.3. The fraction of sp³-hybridized carbons (Fsp3) is 0.974. The molecular formula is C39H78O6. The van der Waals surface area contributed by atoms with Crippen LogP contribution in [-0.4, -0.2) is 46.6 Å². The fourth-order valence-corrected chi connectivity index (χ4v) is 6.09. The lowest BCUT2D eigenvalue weighted by molar-refractivity contribution is -0.355. The van der Waals surface area contributed by atoms with E-state index in [1.54, 1.807) is 0 Å². The molecule has 0 aromatic carbocycles. The molecule has 1 atom stereocenters. The van der Waals surface area contributed by atoms with E-state index in [-0.39, 0.29) is 13.2 Å². The molecule has 270 valence electrons. The van der Waals surface area contributed by atoms with Crippen molar-refractivity contribution >= 4 is 5.97 Å². The van der Waals surface area contributed by atoms with Crippen LogP contribution in [-0.2, 0) is 14.3 Å². The van der Waals surface area contributed by atoms with E-state index in [2.05, 4.69) is 13.8 Å². The van der Waals surface area contributed by atoms with Gasteiger partial charge in [0.05, 0.1) is 6.61 Å². The first kappa shape index (κ1) is 44.3. The van der Waals surface area contributed by atoms with Crippen LogP contribution >= 0.6 is 0 Å². The molecular weight excluding hydrogens is 564 g/mol. The first-order valence-electron chi connectivity index (χ1n) is 19.9. The molecule has 0 aromatic heterocycles. The maximum atomic E-state index is 12.3. The predicted molar refractivity (Wildman–Crippen MR) is 189 cm³/mol. The number of carbonyl (C=O) groups excluding carboxylic acids is 1. The van der Waals surface area contributed by atoms with Gasteiger partial charge in [0.25, 0.3) is 0 Å². The van der Waals surface area contributed by atoms with Crippen LogP contribution in [0.15, 0.2) is 0 Å². The molecule has 0 aliphatic rings. The van der Waals surface area contributed by atoms with Crippen molar-refractivity contribution in [2.75, 3.05) is 13.2 Å². The Morgan fingerprint density at radius 2 is 0.667 bits per heavy atom. The van der Waals surface area contributed by atoms with E-state index in [4.69, 9.17) is 9.47 Å². The smallest absolute Gasteiger partial charge is 0.343 e. The SMILES string of the molecule is CCCCCCCCCCCCCCCCCCOC(=O)C(OCCCCCCCCCCCCCCCCCC)C(O)(O)O. The third-order valence-corrected chi connectivity index (χ3v) is 9.09. The molecule has 3 N–H and O–H groups in total. The minimum absolute atomic E-state index is 0.181. The second-order valence-electron chi connectivity index (χ2n) is 13.7. The van der Waals surface area contributed by atoms with Crippen LogP contribution in [0.3, 0.4) is 0 Å². The summed E-state index contributed by atoms with van der Waals surface area (Å²) in [6.07, 6.45) is 38.8. The molecule has 0 saturated heterocycles. The molecule has 45 heavy (non-hydrogen) atoms. The standard InChI is InChI=1S/C39H78O6/c1-3-5-7-9-11-13-15-17-19-21-23-25-27-29-31-33-35-44-37(39(41,42)43)38(40)45-36-34-32-30-28-26-24-22-20-18-16-14-12-10-8-6-4-2/h37,41-43H,3-36H2,1-2H3. The topological polar surface area (TPSA) is 96.2 Å². The van der Waals surface area contributed by atoms with Gasteiger partial charge < -0.3 is 24.8 Å². The van der Waals surface area contributed by atoms with Crippen LogP contribution in [0.5, 0.6) is 0 Å². The van der Waals surface area contributed by atoms with E-state index >= 15 is 0 Å². The maximum Gasteiger partial charge on any atom is 0.343 e. The van der Waals surface area contributed by atoms with Crippen LogP contribution < -0.4 is 0 Å². The fourth-order valence-electron chi connectivity index (χ4n) is 6.09. The summed E-state index contributed by atoms with van der Waals surface area (Å²) in [4.78, 5) is 12.3. The number of carbonyl (C=O) groups is 1. The second-order valence-corrected chi connectivity index (χ2v) is 13.7. The summed E-state index contributed by atoms with van der Waals surface area (Å²) < 4.78 is 10.5. The number of aliphatic hydroxyl groups is 3. The summed E-state index contributed by atoms with van der Waals surface area (Å²) in [5.74, 6) is -4.15. The third kappa shape index (κ3) is 33.0. The lowest BCUT2D eigenvalue weighted by atomic mass is 10.0. The van der Waals surface area contributed by atoms with Gasteiger partial charge in [0, 0.05) is 6.61 Å². The van der Waals surface area contributed by atoms with E-state index in [0.29, 0.717) is 6.42 Å². The van der Waals surface area contributed by atoms with E-state index in [1.807, 2.05) is 0 Å². The van der Waals surface area contributed by atoms with Crippen molar-refractivity contribution in [2.24, 2.45) is 0 Å². The molecule has 0 aromatic rings. The summed E-state index contributed by atoms with van der Waals surface area (Å²) in [6, 6.07) is 0. The van der Waals surface area contributed by atoms with Crippen molar-refractivity contribution in [1.82, 2.24) is 0 Å². The Kier molecular flexibility index (Phi) is 34.1. The Bertz CT molecular complexity index is 591. The van der Waals surface area contributed by atoms with Gasteiger partial charge in [0.2, 0.25) is 6.10 Å². The number of esters is 1. The zero-order valence-corrected chi connectivity index (χ0v) is 30.2. The third-order valence-electron chi connectivity index (χ3n) is 9.09. The van der Waals surface area contributed by atoms with Gasteiger partial charge in [-0.15, -0.1) is 0 Å². The van der Waals surface area contributed by atoms with Crippen molar-refractivity contribution in [1.29, 1.82) is 0 Å². The van der Waals surface area contributed by atoms with Gasteiger partial charge >= 0.3 is 11.9 Å². The Morgan fingerprint density at radius 3 is 0.933 bits per heavy atom. The Balaban J connectivity index is 3.60. The normalized spacial score (nSPS) is 12.6. The highest BCUT2D eigenvalue weighted by Crippen LogP contribution is 2.16. The second kappa shape index (κ2) is 34.6. The molecule has 0 heterocycles. The predicted octanol–water partition coefficient (Wildman–Crippen LogP) is 11.1. The summed E-state index contributed by atoms with van der Waals surface area (Å²) in [5, 5.41) is 28.8. The zero-order valence-electron chi connectivity index (χ0n) is 30.2. The lowest BCUT2D eigenvalue weighted by Gasteiger charge is -2.24. The van der Waals surface area contributed by atoms with Crippen molar-refractivity contribution in [3.05, 3.63) is 0 Å². The van der Waals surface area contributed by atoms with Crippen molar-refractivity contribution in [3.8, 4) is 0 Å². The molecule has 0 rings (SSSR count). The molecule has 0 spiro atoms. The molecule has 0 amide bonds. The van der Waals surface area contributed by atoms with Gasteiger partial charge in [-0.3, -0.25) is 0 Å². The number of unbranched alkanes of at least 4 members (excludes halogenated alkanes) is 30. The Hall–Kier alpha value is -0.690. The average Bonchev–Trinajstić information content (AvgIpc) is 3.01. The molecule has 0 bridgehead atoms. The average molecular weight is 643 g/mol. The van der Waals surface area contributed by atoms with Crippen molar-refractivity contribution < 1.29 is 29.6 Å². The Morgan fingerprint density at radius 1 is 0.422 bits per heavy atom. The van der Waals surface area contributed by atoms with E-state index < -0.39 is 18.0 Å². The quantitative estimate of drug-likeness (QED) is 0.0354. The zero-order chi connectivity index (χ0) is 33.1. The van der Waals surface area contributed by atoms with Gasteiger partial charge in [-0.1, -0.05) is 206 Å². The summed E-state index contributed by atoms with van der Waals surface area (Å²) in [5.41, 5.74) is 0. The monoisotopic (exact) mass is 643 g/mol. The highest BCUT2D eigenvalue weighted by Gasteiger charge is 2.41. The molecule has 6 nitrogen and oxygen atoms in total. The molecule has 0 radical (unpaired) electrons. The van der Waals surface area contributed by atoms with Gasteiger partial charge in [0.15, 0.2) is 0 Å². The highest BCUT2D eigenvalue weighted by atomic mass is 16.7. The minimum Gasteiger partial charge on any atom is -0.464 e. The van der Waals surface area contributed by atoms with Crippen LogP contribution in [0.25, 0.3) is 0 Å². The molecule has 0 saturated carbocycles. The summed E-state index contributed by atoms with van der Waals surface area (Å²) >= 11 is 0. The van der Waals surface area contributed by atoms with E-state index in [9.17, 15) is 20.1 Å². The van der Waals surface area contributed by atoms with Gasteiger partial charge in [-0.2, -0.15) is 0 Å². The van der Waals surface area contributed by atoms with Gasteiger partial charge in [0.1, 0.15) is 0 Å². The number of hydrogen-bond acceptors (Lipinski definition) is 6. The number of rotatable bonds is 37. The molecule has 0 fully saturated rings. The van der Waals surface area contributed by atoms with Crippen molar-refractivity contribution in [2.45, 2.75) is 231 Å². The first-order chi connectivity index (χ1) is 21.9. The lowest BCUT2D eigenvalue weighted by Crippen LogP contribution is -2.49. The summed E-state index contributed by atoms with van der Waals surface area (Å²) in [6.45, 7) is 4.92.